The first-order chi connectivity index (χ1) is 7.06. The minimum atomic E-state index is -5.93. The van der Waals surface area contributed by atoms with Crippen LogP contribution in [0.15, 0.2) is 0 Å². The Morgan fingerprint density at radius 2 is 1.62 bits per heavy atom. The van der Waals surface area contributed by atoms with Gasteiger partial charge in [-0.1, -0.05) is 6.42 Å². The van der Waals surface area contributed by atoms with Gasteiger partial charge in [0.2, 0.25) is 0 Å². The average molecular weight is 268 g/mol. The molecule has 0 aliphatic heterocycles. The summed E-state index contributed by atoms with van der Waals surface area (Å²) in [5.41, 5.74) is -5.66. The van der Waals surface area contributed by atoms with Crippen LogP contribution in [-0.2, 0) is 14.3 Å². The van der Waals surface area contributed by atoms with Crippen LogP contribution in [0.1, 0.15) is 19.3 Å². The van der Waals surface area contributed by atoms with Crippen LogP contribution in [0, 0.1) is 5.92 Å². The molecule has 1 fully saturated rings. The van der Waals surface area contributed by atoms with Gasteiger partial charge in [-0.2, -0.15) is 21.6 Å². The van der Waals surface area contributed by atoms with Gasteiger partial charge >= 0.3 is 15.6 Å². The van der Waals surface area contributed by atoms with E-state index >= 15 is 0 Å². The summed E-state index contributed by atoms with van der Waals surface area (Å²) in [6.07, 6.45) is 0.900. The molecule has 0 atom stereocenters. The molecule has 1 saturated carbocycles. The lowest BCUT2D eigenvalue weighted by atomic mass is 9.81. The van der Waals surface area contributed by atoms with E-state index in [9.17, 15) is 30.4 Å². The van der Waals surface area contributed by atoms with Gasteiger partial charge in [-0.05, 0) is 12.8 Å². The summed E-state index contributed by atoms with van der Waals surface area (Å²) in [5, 5.41) is 0. The highest BCUT2D eigenvalue weighted by atomic mass is 32.2. The smallest absolute Gasteiger partial charge is 0.257 e. The molecule has 0 saturated heterocycles. The highest BCUT2D eigenvalue weighted by Gasteiger charge is 2.51. The van der Waals surface area contributed by atoms with Gasteiger partial charge in [-0.15, -0.1) is 0 Å². The van der Waals surface area contributed by atoms with Gasteiger partial charge in [0.25, 0.3) is 5.92 Å². The van der Waals surface area contributed by atoms with Crippen LogP contribution in [0.5, 0.6) is 0 Å². The SMILES string of the molecule is O=S(=O)(OCC(F)(F)C1CCC1)C(F)(F)F. The first-order valence-corrected chi connectivity index (χ1v) is 5.80. The van der Waals surface area contributed by atoms with Crippen molar-refractivity contribution in [2.45, 2.75) is 30.7 Å². The zero-order chi connectivity index (χ0) is 12.6. The number of halogens is 5. The van der Waals surface area contributed by atoms with E-state index in [-0.39, 0.29) is 12.8 Å². The van der Waals surface area contributed by atoms with E-state index in [0.717, 1.165) is 0 Å². The molecule has 0 radical (unpaired) electrons. The van der Waals surface area contributed by atoms with E-state index in [1.54, 1.807) is 0 Å². The van der Waals surface area contributed by atoms with Crippen molar-refractivity contribution >= 4 is 10.1 Å². The Balaban J connectivity index is 2.57. The van der Waals surface area contributed by atoms with Gasteiger partial charge in [0.15, 0.2) is 0 Å². The lowest BCUT2D eigenvalue weighted by Gasteiger charge is -2.32. The van der Waals surface area contributed by atoms with Gasteiger partial charge in [0.05, 0.1) is 0 Å². The molecule has 0 N–H and O–H groups in total. The summed E-state index contributed by atoms with van der Waals surface area (Å²) < 4.78 is 85.3. The second-order valence-corrected chi connectivity index (χ2v) is 5.16. The third kappa shape index (κ3) is 2.82. The molecule has 16 heavy (non-hydrogen) atoms. The first kappa shape index (κ1) is 13.6. The molecule has 0 heterocycles. The van der Waals surface area contributed by atoms with Crippen molar-refractivity contribution < 1.29 is 34.6 Å². The van der Waals surface area contributed by atoms with E-state index in [0.29, 0.717) is 6.42 Å². The van der Waals surface area contributed by atoms with Crippen LogP contribution >= 0.6 is 0 Å². The predicted octanol–water partition coefficient (Wildman–Crippen LogP) is 2.29. The van der Waals surface area contributed by atoms with Crippen molar-refractivity contribution in [3.63, 3.8) is 0 Å². The summed E-state index contributed by atoms with van der Waals surface area (Å²) >= 11 is 0. The normalized spacial score (nSPS) is 19.6. The van der Waals surface area contributed by atoms with Crippen LogP contribution in [0.2, 0.25) is 0 Å². The summed E-state index contributed by atoms with van der Waals surface area (Å²) in [5.74, 6) is -4.62. The Hall–Kier alpha value is -0.440. The molecule has 9 heteroatoms. The van der Waals surface area contributed by atoms with E-state index in [4.69, 9.17) is 0 Å². The molecule has 0 aromatic carbocycles. The van der Waals surface area contributed by atoms with Crippen LogP contribution in [0.3, 0.4) is 0 Å². The molecule has 0 aromatic rings. The second-order valence-electron chi connectivity index (χ2n) is 3.55. The van der Waals surface area contributed by atoms with E-state index in [1.807, 2.05) is 0 Å². The molecule has 1 aliphatic rings. The maximum absolute atomic E-state index is 13.0. The fourth-order valence-electron chi connectivity index (χ4n) is 1.17. The maximum Gasteiger partial charge on any atom is 0.523 e. The van der Waals surface area contributed by atoms with Gasteiger partial charge in [0, 0.05) is 5.92 Å². The summed E-state index contributed by atoms with van der Waals surface area (Å²) in [7, 11) is -5.93. The molecule has 0 spiro atoms. The van der Waals surface area contributed by atoms with Crippen LogP contribution < -0.4 is 0 Å². The van der Waals surface area contributed by atoms with Crippen molar-refractivity contribution in [3.8, 4) is 0 Å². The van der Waals surface area contributed by atoms with E-state index in [1.165, 1.54) is 0 Å². The number of alkyl halides is 5. The monoisotopic (exact) mass is 268 g/mol. The van der Waals surface area contributed by atoms with Gasteiger partial charge in [-0.25, -0.2) is 8.78 Å². The molecule has 1 rings (SSSR count). The molecule has 0 aromatic heterocycles. The van der Waals surface area contributed by atoms with E-state index < -0.39 is 34.1 Å². The number of rotatable bonds is 4. The average Bonchev–Trinajstić information content (AvgIpc) is 1.94. The van der Waals surface area contributed by atoms with Crippen LogP contribution in [-0.4, -0.2) is 26.5 Å². The molecule has 3 nitrogen and oxygen atoms in total. The third-order valence-electron chi connectivity index (χ3n) is 2.39. The molecular weight excluding hydrogens is 259 g/mol. The Bertz CT molecular complexity index is 344. The van der Waals surface area contributed by atoms with Gasteiger partial charge in [0.1, 0.15) is 6.61 Å². The van der Waals surface area contributed by atoms with Crippen molar-refractivity contribution in [1.29, 1.82) is 0 Å². The van der Waals surface area contributed by atoms with Crippen molar-refractivity contribution in [2.75, 3.05) is 6.61 Å². The maximum atomic E-state index is 13.0. The van der Waals surface area contributed by atoms with Crippen LogP contribution in [0.4, 0.5) is 22.0 Å². The second kappa shape index (κ2) is 4.10. The molecule has 1 aliphatic carbocycles. The standard InChI is InChI=1S/C7H9F5O3S/c8-6(9,5-2-1-3-5)4-15-16(13,14)7(10,11)12/h5H,1-4H2. The Labute approximate surface area is 88.7 Å². The topological polar surface area (TPSA) is 43.4 Å². The Kier molecular flexibility index (Phi) is 3.49. The number of hydrogen-bond donors (Lipinski definition) is 0. The zero-order valence-electron chi connectivity index (χ0n) is 7.93. The van der Waals surface area contributed by atoms with Crippen molar-refractivity contribution in [2.24, 2.45) is 5.92 Å². The van der Waals surface area contributed by atoms with E-state index in [2.05, 4.69) is 4.18 Å². The summed E-state index contributed by atoms with van der Waals surface area (Å²) in [4.78, 5) is 0. The lowest BCUT2D eigenvalue weighted by molar-refractivity contribution is -0.119. The molecule has 0 bridgehead atoms. The fraction of sp³-hybridized carbons (Fsp3) is 1.00. The minimum Gasteiger partial charge on any atom is -0.257 e. The summed E-state index contributed by atoms with van der Waals surface area (Å²) in [6.45, 7) is -1.75. The highest BCUT2D eigenvalue weighted by Crippen LogP contribution is 2.40. The first-order valence-electron chi connectivity index (χ1n) is 4.40. The Morgan fingerprint density at radius 3 is 1.94 bits per heavy atom. The lowest BCUT2D eigenvalue weighted by Crippen LogP contribution is -2.40. The third-order valence-corrected chi connectivity index (χ3v) is 3.39. The molecular formula is C7H9F5O3S. The highest BCUT2D eigenvalue weighted by molar-refractivity contribution is 7.87. The minimum absolute atomic E-state index is 0.169. The van der Waals surface area contributed by atoms with Crippen LogP contribution in [0.25, 0.3) is 0 Å². The molecule has 0 amide bonds. The number of hydrogen-bond acceptors (Lipinski definition) is 3. The Morgan fingerprint density at radius 1 is 1.12 bits per heavy atom. The summed E-state index contributed by atoms with van der Waals surface area (Å²) in [6, 6.07) is 0. The van der Waals surface area contributed by atoms with Crippen molar-refractivity contribution in [1.82, 2.24) is 0 Å². The van der Waals surface area contributed by atoms with Gasteiger partial charge < -0.3 is 0 Å². The largest absolute Gasteiger partial charge is 0.523 e. The van der Waals surface area contributed by atoms with Crippen molar-refractivity contribution in [3.05, 3.63) is 0 Å². The quantitative estimate of drug-likeness (QED) is 0.446. The fourth-order valence-corrected chi connectivity index (χ4v) is 1.62. The molecule has 96 valence electrons. The molecule has 0 unspecified atom stereocenters. The van der Waals surface area contributed by atoms with Gasteiger partial charge in [-0.3, -0.25) is 4.18 Å². The predicted molar refractivity (Wildman–Crippen MR) is 43.2 cm³/mol. The zero-order valence-corrected chi connectivity index (χ0v) is 8.75.